The first kappa shape index (κ1) is 18.3. The highest BCUT2D eigenvalue weighted by Crippen LogP contribution is 2.33. The summed E-state index contributed by atoms with van der Waals surface area (Å²) < 4.78 is 0. The van der Waals surface area contributed by atoms with E-state index < -0.39 is 0 Å². The summed E-state index contributed by atoms with van der Waals surface area (Å²) in [5.74, 6) is 0.409. The van der Waals surface area contributed by atoms with Crippen LogP contribution in [0.4, 0.5) is 5.69 Å². The van der Waals surface area contributed by atoms with Crippen LogP contribution in [0.1, 0.15) is 52.2 Å². The average Bonchev–Trinajstić information content (AvgIpc) is 3.06. The molecule has 0 radical (unpaired) electrons. The van der Waals surface area contributed by atoms with Gasteiger partial charge in [0.1, 0.15) is 0 Å². The van der Waals surface area contributed by atoms with Crippen molar-refractivity contribution in [2.75, 3.05) is 11.9 Å². The molecule has 0 spiro atoms. The number of hydrogen-bond acceptors (Lipinski definition) is 2. The van der Waals surface area contributed by atoms with Gasteiger partial charge in [-0.2, -0.15) is 0 Å². The van der Waals surface area contributed by atoms with E-state index in [1.807, 2.05) is 19.1 Å². The van der Waals surface area contributed by atoms with Gasteiger partial charge in [-0.05, 0) is 68.0 Å². The Morgan fingerprint density at radius 3 is 2.64 bits per heavy atom. The molecule has 3 N–H and O–H groups in total. The lowest BCUT2D eigenvalue weighted by Crippen LogP contribution is -2.22. The van der Waals surface area contributed by atoms with E-state index in [2.05, 4.69) is 28.6 Å². The molecule has 3 aromatic rings. The second-order valence-corrected chi connectivity index (χ2v) is 7.55. The van der Waals surface area contributed by atoms with Crippen LogP contribution < -0.4 is 10.6 Å². The summed E-state index contributed by atoms with van der Waals surface area (Å²) >= 11 is 0. The molecule has 5 nitrogen and oxygen atoms in total. The lowest BCUT2D eigenvalue weighted by Gasteiger charge is -2.17. The number of H-pyrrole nitrogens is 1. The van der Waals surface area contributed by atoms with Crippen molar-refractivity contribution in [3.05, 3.63) is 64.8 Å². The zero-order valence-electron chi connectivity index (χ0n) is 16.3. The minimum absolute atomic E-state index is 0.115. The van der Waals surface area contributed by atoms with Crippen molar-refractivity contribution in [3.63, 3.8) is 0 Å². The molecule has 0 bridgehead atoms. The number of fused-ring (bicyclic) bond motifs is 3. The number of aromatic amines is 1. The summed E-state index contributed by atoms with van der Waals surface area (Å²) in [6.07, 6.45) is 3.27. The van der Waals surface area contributed by atoms with Crippen molar-refractivity contribution in [1.29, 1.82) is 0 Å². The Kier molecular flexibility index (Phi) is 4.90. The normalized spacial score (nSPS) is 15.9. The Morgan fingerprint density at radius 1 is 1.11 bits per heavy atom. The van der Waals surface area contributed by atoms with Gasteiger partial charge in [0.15, 0.2) is 0 Å². The molecule has 1 aromatic heterocycles. The van der Waals surface area contributed by atoms with E-state index in [1.165, 1.54) is 17.7 Å². The standard InChI is InChI=1S/C23H25N3O2/c1-3-24-22(27)15-8-10-16(11-9-15)25-23(28)18-6-4-5-17-19-13-14(2)7-12-20(19)26-21(17)18/h4-6,8-11,14,26H,3,7,12-13H2,1-2H3,(H,24,27)(H,25,28). The van der Waals surface area contributed by atoms with Crippen molar-refractivity contribution in [3.8, 4) is 0 Å². The highest BCUT2D eigenvalue weighted by atomic mass is 16.2. The van der Waals surface area contributed by atoms with Gasteiger partial charge in [-0.3, -0.25) is 9.59 Å². The molecule has 0 aliphatic heterocycles. The molecule has 1 aliphatic rings. The average molecular weight is 375 g/mol. The van der Waals surface area contributed by atoms with Crippen LogP contribution in [-0.2, 0) is 12.8 Å². The fourth-order valence-electron chi connectivity index (χ4n) is 3.97. The van der Waals surface area contributed by atoms with Gasteiger partial charge < -0.3 is 15.6 Å². The van der Waals surface area contributed by atoms with E-state index in [1.54, 1.807) is 24.3 Å². The van der Waals surface area contributed by atoms with Crippen LogP contribution in [0.25, 0.3) is 10.9 Å². The highest BCUT2D eigenvalue weighted by Gasteiger charge is 2.22. The van der Waals surface area contributed by atoms with Gasteiger partial charge >= 0.3 is 0 Å². The summed E-state index contributed by atoms with van der Waals surface area (Å²) in [6, 6.07) is 12.8. The Morgan fingerprint density at radius 2 is 1.89 bits per heavy atom. The van der Waals surface area contributed by atoms with Gasteiger partial charge in [0.2, 0.25) is 0 Å². The molecular formula is C23H25N3O2. The Balaban J connectivity index is 1.59. The lowest BCUT2D eigenvalue weighted by molar-refractivity contribution is 0.0955. The molecule has 0 fully saturated rings. The van der Waals surface area contributed by atoms with Crippen molar-refractivity contribution in [2.24, 2.45) is 5.92 Å². The van der Waals surface area contributed by atoms with E-state index in [0.717, 1.165) is 23.7 Å². The van der Waals surface area contributed by atoms with Crippen molar-refractivity contribution >= 4 is 28.4 Å². The number of amides is 2. The SMILES string of the molecule is CCNC(=O)c1ccc(NC(=O)c2cccc3c4c([nH]c23)CCC(C)C4)cc1. The Labute approximate surface area is 164 Å². The summed E-state index contributed by atoms with van der Waals surface area (Å²) in [5, 5.41) is 6.86. The highest BCUT2D eigenvalue weighted by molar-refractivity contribution is 6.12. The number of rotatable bonds is 4. The number of anilines is 1. The zero-order chi connectivity index (χ0) is 19.7. The van der Waals surface area contributed by atoms with Gasteiger partial charge in [-0.1, -0.05) is 19.1 Å². The number of carbonyl (C=O) groups excluding carboxylic acids is 2. The van der Waals surface area contributed by atoms with Gasteiger partial charge in [0, 0.05) is 28.9 Å². The maximum Gasteiger partial charge on any atom is 0.257 e. The molecular weight excluding hydrogens is 350 g/mol. The fraction of sp³-hybridized carbons (Fsp3) is 0.304. The fourth-order valence-corrected chi connectivity index (χ4v) is 3.97. The third kappa shape index (κ3) is 3.40. The van der Waals surface area contributed by atoms with Crippen LogP contribution >= 0.6 is 0 Å². The number of benzene rings is 2. The monoisotopic (exact) mass is 375 g/mol. The molecule has 5 heteroatoms. The number of aromatic nitrogens is 1. The zero-order valence-corrected chi connectivity index (χ0v) is 16.3. The molecule has 2 amide bonds. The molecule has 1 unspecified atom stereocenters. The Hall–Kier alpha value is -3.08. The molecule has 1 aliphatic carbocycles. The van der Waals surface area contributed by atoms with Crippen LogP contribution in [-0.4, -0.2) is 23.3 Å². The third-order valence-electron chi connectivity index (χ3n) is 5.46. The van der Waals surface area contributed by atoms with Gasteiger partial charge in [-0.15, -0.1) is 0 Å². The first-order valence-corrected chi connectivity index (χ1v) is 9.89. The van der Waals surface area contributed by atoms with Crippen LogP contribution in [0.5, 0.6) is 0 Å². The predicted octanol–water partition coefficient (Wildman–Crippen LogP) is 4.29. The third-order valence-corrected chi connectivity index (χ3v) is 5.46. The number of aryl methyl sites for hydroxylation is 1. The van der Waals surface area contributed by atoms with E-state index in [-0.39, 0.29) is 11.8 Å². The largest absolute Gasteiger partial charge is 0.358 e. The molecule has 1 atom stereocenters. The van der Waals surface area contributed by atoms with Crippen LogP contribution in [0, 0.1) is 5.92 Å². The molecule has 4 rings (SSSR count). The van der Waals surface area contributed by atoms with Crippen molar-refractivity contribution in [2.45, 2.75) is 33.1 Å². The second-order valence-electron chi connectivity index (χ2n) is 7.55. The maximum atomic E-state index is 12.9. The summed E-state index contributed by atoms with van der Waals surface area (Å²) in [5.41, 5.74) is 5.42. The predicted molar refractivity (Wildman–Crippen MR) is 112 cm³/mol. The quantitative estimate of drug-likeness (QED) is 0.636. The molecule has 0 saturated heterocycles. The van der Waals surface area contributed by atoms with E-state index in [0.29, 0.717) is 29.3 Å². The Bertz CT molecular complexity index is 1030. The topological polar surface area (TPSA) is 74.0 Å². The van der Waals surface area contributed by atoms with Crippen molar-refractivity contribution in [1.82, 2.24) is 10.3 Å². The molecule has 2 aromatic carbocycles. The minimum atomic E-state index is -0.150. The summed E-state index contributed by atoms with van der Waals surface area (Å²) in [6.45, 7) is 4.75. The van der Waals surface area contributed by atoms with Gasteiger partial charge in [-0.25, -0.2) is 0 Å². The number of carbonyl (C=O) groups is 2. The number of nitrogens with one attached hydrogen (secondary N) is 3. The number of hydrogen-bond donors (Lipinski definition) is 3. The molecule has 0 saturated carbocycles. The molecule has 1 heterocycles. The first-order valence-electron chi connectivity index (χ1n) is 9.89. The lowest BCUT2D eigenvalue weighted by atomic mass is 9.87. The molecule has 144 valence electrons. The second kappa shape index (κ2) is 7.50. The summed E-state index contributed by atoms with van der Waals surface area (Å²) in [7, 11) is 0. The minimum Gasteiger partial charge on any atom is -0.358 e. The van der Waals surface area contributed by atoms with E-state index in [9.17, 15) is 9.59 Å². The van der Waals surface area contributed by atoms with Gasteiger partial charge in [0.05, 0.1) is 11.1 Å². The van der Waals surface area contributed by atoms with E-state index in [4.69, 9.17) is 0 Å². The van der Waals surface area contributed by atoms with Crippen LogP contribution in [0.3, 0.4) is 0 Å². The maximum absolute atomic E-state index is 12.9. The van der Waals surface area contributed by atoms with Crippen LogP contribution in [0.15, 0.2) is 42.5 Å². The van der Waals surface area contributed by atoms with E-state index >= 15 is 0 Å². The molecule has 28 heavy (non-hydrogen) atoms. The van der Waals surface area contributed by atoms with Crippen molar-refractivity contribution < 1.29 is 9.59 Å². The van der Waals surface area contributed by atoms with Gasteiger partial charge in [0.25, 0.3) is 11.8 Å². The number of para-hydroxylation sites is 1. The summed E-state index contributed by atoms with van der Waals surface area (Å²) in [4.78, 5) is 28.3. The first-order chi connectivity index (χ1) is 13.6. The smallest absolute Gasteiger partial charge is 0.257 e. The van der Waals surface area contributed by atoms with Crippen LogP contribution in [0.2, 0.25) is 0 Å².